The van der Waals surface area contributed by atoms with Crippen LogP contribution in [-0.4, -0.2) is 35.5 Å². The highest BCUT2D eigenvalue weighted by Crippen LogP contribution is 2.31. The zero-order valence-electron chi connectivity index (χ0n) is 12.7. The number of benzene rings is 1. The fourth-order valence-corrected chi connectivity index (χ4v) is 4.00. The average Bonchev–Trinajstić information content (AvgIpc) is 2.81. The van der Waals surface area contributed by atoms with Gasteiger partial charge < -0.3 is 10.2 Å². The van der Waals surface area contributed by atoms with Crippen molar-refractivity contribution in [3.05, 3.63) is 34.3 Å². The van der Waals surface area contributed by atoms with Gasteiger partial charge >= 0.3 is 0 Å². The number of nitrogens with one attached hydrogen (secondary N) is 1. The number of amides is 1. The maximum absolute atomic E-state index is 12.9. The summed E-state index contributed by atoms with van der Waals surface area (Å²) in [7, 11) is 0. The van der Waals surface area contributed by atoms with Crippen LogP contribution in [0.3, 0.4) is 0 Å². The van der Waals surface area contributed by atoms with Crippen molar-refractivity contribution in [2.24, 2.45) is 0 Å². The third kappa shape index (κ3) is 2.95. The molecule has 2 aliphatic rings. The van der Waals surface area contributed by atoms with Gasteiger partial charge in [-0.05, 0) is 57.2 Å². The van der Waals surface area contributed by atoms with Gasteiger partial charge in [-0.25, -0.2) is 0 Å². The second-order valence-electron chi connectivity index (χ2n) is 6.31. The normalized spacial score (nSPS) is 27.7. The van der Waals surface area contributed by atoms with Crippen LogP contribution in [0.4, 0.5) is 0 Å². The number of nitrogens with zero attached hydrogens (tertiary/aromatic N) is 1. The highest BCUT2D eigenvalue weighted by atomic mass is 35.5. The van der Waals surface area contributed by atoms with Crippen LogP contribution in [0.2, 0.25) is 5.02 Å². The summed E-state index contributed by atoms with van der Waals surface area (Å²) in [5, 5.41) is 4.27. The van der Waals surface area contributed by atoms with E-state index in [2.05, 4.69) is 12.2 Å². The topological polar surface area (TPSA) is 32.3 Å². The third-order valence-electron chi connectivity index (χ3n) is 4.92. The quantitative estimate of drug-likeness (QED) is 0.928. The Morgan fingerprint density at radius 1 is 1.33 bits per heavy atom. The summed E-state index contributed by atoms with van der Waals surface area (Å²) in [5.74, 6) is 0.129. The molecule has 2 fully saturated rings. The maximum Gasteiger partial charge on any atom is 0.254 e. The molecule has 1 aromatic rings. The van der Waals surface area contributed by atoms with Crippen molar-refractivity contribution in [3.63, 3.8) is 0 Å². The number of piperidine rings is 1. The second-order valence-corrected chi connectivity index (χ2v) is 6.75. The molecule has 2 unspecified atom stereocenters. The SMILES string of the molecule is CCN(C(=O)c1cc(Cl)ccc1C)C1CC2CCC(C1)N2. The number of aryl methyl sites for hydroxylation is 1. The smallest absolute Gasteiger partial charge is 0.254 e. The summed E-state index contributed by atoms with van der Waals surface area (Å²) < 4.78 is 0. The van der Waals surface area contributed by atoms with E-state index in [0.717, 1.165) is 30.5 Å². The highest BCUT2D eigenvalue weighted by molar-refractivity contribution is 6.31. The Morgan fingerprint density at radius 3 is 2.62 bits per heavy atom. The molecule has 0 aliphatic carbocycles. The predicted molar refractivity (Wildman–Crippen MR) is 85.9 cm³/mol. The first kappa shape index (κ1) is 14.9. The van der Waals surface area contributed by atoms with Crippen LogP contribution in [0.25, 0.3) is 0 Å². The zero-order chi connectivity index (χ0) is 15.0. The molecule has 2 heterocycles. The highest BCUT2D eigenvalue weighted by Gasteiger charge is 2.37. The summed E-state index contributed by atoms with van der Waals surface area (Å²) in [5.41, 5.74) is 1.75. The van der Waals surface area contributed by atoms with E-state index >= 15 is 0 Å². The summed E-state index contributed by atoms with van der Waals surface area (Å²) in [6.45, 7) is 4.81. The minimum absolute atomic E-state index is 0.129. The number of hydrogen-bond donors (Lipinski definition) is 1. The van der Waals surface area contributed by atoms with Crippen LogP contribution in [0.1, 0.15) is 48.5 Å². The van der Waals surface area contributed by atoms with Crippen molar-refractivity contribution in [2.45, 2.75) is 57.7 Å². The fourth-order valence-electron chi connectivity index (χ4n) is 3.83. The first-order valence-electron chi connectivity index (χ1n) is 7.91. The van der Waals surface area contributed by atoms with E-state index in [-0.39, 0.29) is 5.91 Å². The monoisotopic (exact) mass is 306 g/mol. The number of hydrogen-bond acceptors (Lipinski definition) is 2. The van der Waals surface area contributed by atoms with Crippen molar-refractivity contribution in [2.75, 3.05) is 6.54 Å². The van der Waals surface area contributed by atoms with Crippen LogP contribution in [0, 0.1) is 6.92 Å². The van der Waals surface area contributed by atoms with Crippen LogP contribution in [0.15, 0.2) is 18.2 Å². The Labute approximate surface area is 131 Å². The summed E-state index contributed by atoms with van der Waals surface area (Å²) in [6.07, 6.45) is 4.66. The van der Waals surface area contributed by atoms with Gasteiger partial charge in [-0.2, -0.15) is 0 Å². The molecule has 1 N–H and O–H groups in total. The standard InChI is InChI=1S/C17H23ClN2O/c1-3-20(15-9-13-6-7-14(10-15)19-13)17(21)16-8-12(18)5-4-11(16)2/h4-5,8,13-15,19H,3,6-7,9-10H2,1-2H3. The molecule has 1 aromatic carbocycles. The molecule has 1 amide bonds. The lowest BCUT2D eigenvalue weighted by Gasteiger charge is -2.37. The Morgan fingerprint density at radius 2 is 2.00 bits per heavy atom. The van der Waals surface area contributed by atoms with Crippen molar-refractivity contribution in [1.29, 1.82) is 0 Å². The molecule has 0 aromatic heterocycles. The van der Waals surface area contributed by atoms with E-state index in [1.807, 2.05) is 24.0 Å². The molecular weight excluding hydrogens is 284 g/mol. The van der Waals surface area contributed by atoms with E-state index in [1.54, 1.807) is 6.07 Å². The van der Waals surface area contributed by atoms with Gasteiger partial charge in [0.2, 0.25) is 0 Å². The van der Waals surface area contributed by atoms with Crippen LogP contribution >= 0.6 is 11.6 Å². The molecule has 0 radical (unpaired) electrons. The molecule has 114 valence electrons. The van der Waals surface area contributed by atoms with Gasteiger partial charge in [0.15, 0.2) is 0 Å². The molecule has 3 nitrogen and oxygen atoms in total. The first-order valence-corrected chi connectivity index (χ1v) is 8.29. The van der Waals surface area contributed by atoms with Crippen molar-refractivity contribution in [1.82, 2.24) is 10.2 Å². The lowest BCUT2D eigenvalue weighted by molar-refractivity contribution is 0.0630. The first-order chi connectivity index (χ1) is 10.1. The maximum atomic E-state index is 12.9. The minimum Gasteiger partial charge on any atom is -0.336 e. The lowest BCUT2D eigenvalue weighted by Crippen LogP contribution is -2.50. The average molecular weight is 307 g/mol. The van der Waals surface area contributed by atoms with Crippen LogP contribution in [0.5, 0.6) is 0 Å². The van der Waals surface area contributed by atoms with E-state index in [0.29, 0.717) is 23.1 Å². The number of rotatable bonds is 3. The third-order valence-corrected chi connectivity index (χ3v) is 5.16. The molecule has 2 bridgehead atoms. The van der Waals surface area contributed by atoms with Gasteiger partial charge in [0, 0.05) is 35.3 Å². The lowest BCUT2D eigenvalue weighted by atomic mass is 9.96. The molecule has 2 atom stereocenters. The van der Waals surface area contributed by atoms with E-state index in [1.165, 1.54) is 12.8 Å². The van der Waals surface area contributed by atoms with Crippen molar-refractivity contribution in [3.8, 4) is 0 Å². The zero-order valence-corrected chi connectivity index (χ0v) is 13.5. The molecule has 21 heavy (non-hydrogen) atoms. The molecule has 2 saturated heterocycles. The molecule has 3 rings (SSSR count). The number of carbonyl (C=O) groups excluding carboxylic acids is 1. The van der Waals surface area contributed by atoms with Crippen molar-refractivity contribution >= 4 is 17.5 Å². The van der Waals surface area contributed by atoms with Gasteiger partial charge in [0.1, 0.15) is 0 Å². The fraction of sp³-hybridized carbons (Fsp3) is 0.588. The van der Waals surface area contributed by atoms with E-state index in [9.17, 15) is 4.79 Å². The summed E-state index contributed by atoms with van der Waals surface area (Å²) >= 11 is 6.07. The van der Waals surface area contributed by atoms with Crippen LogP contribution < -0.4 is 5.32 Å². The Bertz CT molecular complexity index is 534. The molecule has 0 saturated carbocycles. The number of carbonyl (C=O) groups is 1. The number of fused-ring (bicyclic) bond motifs is 2. The largest absolute Gasteiger partial charge is 0.336 e. The molecular formula is C17H23ClN2O. The molecule has 2 aliphatic heterocycles. The van der Waals surface area contributed by atoms with Crippen LogP contribution in [-0.2, 0) is 0 Å². The van der Waals surface area contributed by atoms with Gasteiger partial charge in [-0.3, -0.25) is 4.79 Å². The molecule has 0 spiro atoms. The Balaban J connectivity index is 1.82. The Hall–Kier alpha value is -1.06. The summed E-state index contributed by atoms with van der Waals surface area (Å²) in [4.78, 5) is 15.0. The minimum atomic E-state index is 0.129. The molecule has 4 heteroatoms. The number of halogens is 1. The van der Waals surface area contributed by atoms with E-state index in [4.69, 9.17) is 11.6 Å². The van der Waals surface area contributed by atoms with Gasteiger partial charge in [-0.15, -0.1) is 0 Å². The summed E-state index contributed by atoms with van der Waals surface area (Å²) in [6, 6.07) is 7.12. The Kier molecular flexibility index (Phi) is 4.23. The predicted octanol–water partition coefficient (Wildman–Crippen LogP) is 3.39. The van der Waals surface area contributed by atoms with Gasteiger partial charge in [-0.1, -0.05) is 17.7 Å². The van der Waals surface area contributed by atoms with Crippen molar-refractivity contribution < 1.29 is 4.79 Å². The second kappa shape index (κ2) is 5.98. The van der Waals surface area contributed by atoms with Gasteiger partial charge in [0.25, 0.3) is 5.91 Å². The van der Waals surface area contributed by atoms with E-state index < -0.39 is 0 Å². The van der Waals surface area contributed by atoms with Gasteiger partial charge in [0.05, 0.1) is 0 Å².